The molecule has 0 aromatic heterocycles. The largest absolute Gasteiger partial charge is 0.497 e. The zero-order valence-corrected chi connectivity index (χ0v) is 16.3. The van der Waals surface area contributed by atoms with Gasteiger partial charge in [0.15, 0.2) is 5.17 Å². The highest BCUT2D eigenvalue weighted by Gasteiger charge is 2.30. The Balaban J connectivity index is 1.70. The summed E-state index contributed by atoms with van der Waals surface area (Å²) in [7, 11) is 1.59. The van der Waals surface area contributed by atoms with Crippen LogP contribution >= 0.6 is 27.7 Å². The van der Waals surface area contributed by atoms with Crippen molar-refractivity contribution < 1.29 is 14.3 Å². The van der Waals surface area contributed by atoms with E-state index in [0.717, 1.165) is 10.2 Å². The maximum atomic E-state index is 12.5. The van der Waals surface area contributed by atoms with Crippen molar-refractivity contribution in [3.8, 4) is 5.75 Å². The highest BCUT2D eigenvalue weighted by atomic mass is 79.9. The van der Waals surface area contributed by atoms with E-state index in [9.17, 15) is 9.59 Å². The van der Waals surface area contributed by atoms with E-state index < -0.39 is 5.25 Å². The highest BCUT2D eigenvalue weighted by molar-refractivity contribution is 9.10. The van der Waals surface area contributed by atoms with Gasteiger partial charge in [-0.25, -0.2) is 4.99 Å². The zero-order valence-electron chi connectivity index (χ0n) is 13.9. The second-order valence-electron chi connectivity index (χ2n) is 5.47. The Bertz CT molecular complexity index is 838. The molecule has 2 aromatic rings. The van der Waals surface area contributed by atoms with E-state index in [0.29, 0.717) is 16.5 Å². The molecule has 2 N–H and O–H groups in total. The number of nitrogens with one attached hydrogen (secondary N) is 2. The third kappa shape index (κ3) is 4.86. The average molecular weight is 434 g/mol. The van der Waals surface area contributed by atoms with E-state index in [2.05, 4.69) is 31.6 Å². The predicted octanol–water partition coefficient (Wildman–Crippen LogP) is 3.71. The third-order valence-electron chi connectivity index (χ3n) is 3.58. The Kier molecular flexibility index (Phi) is 5.95. The fourth-order valence-corrected chi connectivity index (χ4v) is 3.54. The molecule has 1 fully saturated rings. The molecule has 1 heterocycles. The molecule has 8 heteroatoms. The Labute approximate surface area is 163 Å². The lowest BCUT2D eigenvalue weighted by Gasteiger charge is -2.22. The molecule has 134 valence electrons. The molecule has 0 bridgehead atoms. The fourth-order valence-electron chi connectivity index (χ4n) is 2.28. The molecule has 1 aliphatic rings. The van der Waals surface area contributed by atoms with E-state index in [-0.39, 0.29) is 18.2 Å². The van der Waals surface area contributed by atoms with Crippen LogP contribution in [0.25, 0.3) is 0 Å². The molecule has 0 spiro atoms. The van der Waals surface area contributed by atoms with Crippen LogP contribution < -0.4 is 15.4 Å². The van der Waals surface area contributed by atoms with Crippen LogP contribution in [0.15, 0.2) is 58.0 Å². The number of halogens is 1. The van der Waals surface area contributed by atoms with Crippen LogP contribution in [0.4, 0.5) is 11.4 Å². The maximum absolute atomic E-state index is 12.5. The second kappa shape index (κ2) is 8.37. The number of methoxy groups -OCH3 is 1. The number of hydrogen-bond acceptors (Lipinski definition) is 5. The predicted molar refractivity (Wildman–Crippen MR) is 107 cm³/mol. The van der Waals surface area contributed by atoms with Gasteiger partial charge >= 0.3 is 0 Å². The topological polar surface area (TPSA) is 79.8 Å². The number of carbonyl (C=O) groups excluding carboxylic acids is 2. The first-order chi connectivity index (χ1) is 12.5. The number of amidine groups is 1. The number of hydrogen-bond donors (Lipinski definition) is 2. The molecule has 2 amide bonds. The van der Waals surface area contributed by atoms with Gasteiger partial charge in [0, 0.05) is 16.6 Å². The number of benzene rings is 2. The van der Waals surface area contributed by atoms with Crippen molar-refractivity contribution in [3.63, 3.8) is 0 Å². The second-order valence-corrected chi connectivity index (χ2v) is 7.58. The number of anilines is 1. The summed E-state index contributed by atoms with van der Waals surface area (Å²) in [5.41, 5.74) is 1.35. The summed E-state index contributed by atoms with van der Waals surface area (Å²) in [5, 5.41) is 5.40. The number of aliphatic imine (C=N–C) groups is 1. The summed E-state index contributed by atoms with van der Waals surface area (Å²) in [4.78, 5) is 28.8. The lowest BCUT2D eigenvalue weighted by atomic mass is 10.2. The molecular weight excluding hydrogens is 418 g/mol. The Hall–Kier alpha value is -2.32. The molecule has 2 aromatic carbocycles. The summed E-state index contributed by atoms with van der Waals surface area (Å²) in [5.74, 6) is 0.266. The van der Waals surface area contributed by atoms with Crippen molar-refractivity contribution in [2.75, 3.05) is 12.4 Å². The maximum Gasteiger partial charge on any atom is 0.238 e. The SMILES string of the molecule is COc1ccc(N=C2NC(=O)C[C@@H](C(=O)Nc3ccc(Br)cc3)S2)cc1. The van der Waals surface area contributed by atoms with Gasteiger partial charge in [-0.3, -0.25) is 9.59 Å². The van der Waals surface area contributed by atoms with Gasteiger partial charge in [-0.2, -0.15) is 0 Å². The molecule has 0 radical (unpaired) electrons. The molecule has 1 aliphatic heterocycles. The number of nitrogens with zero attached hydrogens (tertiary/aromatic N) is 1. The number of carbonyl (C=O) groups is 2. The van der Waals surface area contributed by atoms with Crippen LogP contribution in [0, 0.1) is 0 Å². The third-order valence-corrected chi connectivity index (χ3v) is 5.19. The van der Waals surface area contributed by atoms with Gasteiger partial charge in [0.1, 0.15) is 11.0 Å². The van der Waals surface area contributed by atoms with Gasteiger partial charge in [-0.15, -0.1) is 0 Å². The summed E-state index contributed by atoms with van der Waals surface area (Å²) in [6, 6.07) is 14.4. The van der Waals surface area contributed by atoms with Gasteiger partial charge in [0.2, 0.25) is 11.8 Å². The minimum Gasteiger partial charge on any atom is -0.497 e. The lowest BCUT2D eigenvalue weighted by Crippen LogP contribution is -2.41. The first-order valence-electron chi connectivity index (χ1n) is 7.79. The number of amides is 2. The monoisotopic (exact) mass is 433 g/mol. The van der Waals surface area contributed by atoms with E-state index in [1.54, 1.807) is 43.5 Å². The highest BCUT2D eigenvalue weighted by Crippen LogP contribution is 2.26. The minimum atomic E-state index is -0.538. The number of thioether (sulfide) groups is 1. The van der Waals surface area contributed by atoms with Crippen molar-refractivity contribution in [2.24, 2.45) is 4.99 Å². The van der Waals surface area contributed by atoms with E-state index in [4.69, 9.17) is 4.74 Å². The summed E-state index contributed by atoms with van der Waals surface area (Å²) < 4.78 is 6.04. The van der Waals surface area contributed by atoms with Crippen LogP contribution in [0.3, 0.4) is 0 Å². The van der Waals surface area contributed by atoms with E-state index >= 15 is 0 Å². The van der Waals surface area contributed by atoms with Crippen LogP contribution in [-0.4, -0.2) is 29.3 Å². The van der Waals surface area contributed by atoms with Crippen LogP contribution in [-0.2, 0) is 9.59 Å². The van der Waals surface area contributed by atoms with E-state index in [1.807, 2.05) is 12.1 Å². The smallest absolute Gasteiger partial charge is 0.238 e. The Morgan fingerprint density at radius 3 is 2.58 bits per heavy atom. The van der Waals surface area contributed by atoms with Gasteiger partial charge < -0.3 is 15.4 Å². The minimum absolute atomic E-state index is 0.106. The first kappa shape index (κ1) is 18.5. The first-order valence-corrected chi connectivity index (χ1v) is 9.46. The van der Waals surface area contributed by atoms with Crippen molar-refractivity contribution in [2.45, 2.75) is 11.7 Å². The van der Waals surface area contributed by atoms with Gasteiger partial charge in [-0.1, -0.05) is 27.7 Å². The Morgan fingerprint density at radius 2 is 1.92 bits per heavy atom. The van der Waals surface area contributed by atoms with Crippen molar-refractivity contribution in [1.82, 2.24) is 5.32 Å². The molecule has 6 nitrogen and oxygen atoms in total. The van der Waals surface area contributed by atoms with Crippen LogP contribution in [0.5, 0.6) is 5.75 Å². The average Bonchev–Trinajstić information content (AvgIpc) is 2.64. The number of ether oxygens (including phenoxy) is 1. The molecule has 26 heavy (non-hydrogen) atoms. The normalized spacial score (nSPS) is 18.3. The van der Waals surface area contributed by atoms with Gasteiger partial charge in [-0.05, 0) is 48.5 Å². The summed E-state index contributed by atoms with van der Waals surface area (Å²) in [6.07, 6.45) is 0.106. The van der Waals surface area contributed by atoms with Crippen LogP contribution in [0.2, 0.25) is 0 Å². The van der Waals surface area contributed by atoms with Crippen molar-refractivity contribution in [3.05, 3.63) is 53.0 Å². The lowest BCUT2D eigenvalue weighted by molar-refractivity contribution is -0.123. The molecule has 0 aliphatic carbocycles. The zero-order chi connectivity index (χ0) is 18.5. The van der Waals surface area contributed by atoms with E-state index in [1.165, 1.54) is 11.8 Å². The van der Waals surface area contributed by atoms with Gasteiger partial charge in [0.05, 0.1) is 12.8 Å². The van der Waals surface area contributed by atoms with Crippen molar-refractivity contribution in [1.29, 1.82) is 0 Å². The Morgan fingerprint density at radius 1 is 1.23 bits per heavy atom. The summed E-state index contributed by atoms with van der Waals surface area (Å²) in [6.45, 7) is 0. The quantitative estimate of drug-likeness (QED) is 0.769. The molecular formula is C18H16BrN3O3S. The number of rotatable bonds is 4. The molecule has 1 saturated heterocycles. The summed E-state index contributed by atoms with van der Waals surface area (Å²) >= 11 is 4.59. The fraction of sp³-hybridized carbons (Fsp3) is 0.167. The molecule has 0 saturated carbocycles. The molecule has 1 atom stereocenters. The van der Waals surface area contributed by atoms with Crippen LogP contribution in [0.1, 0.15) is 6.42 Å². The van der Waals surface area contributed by atoms with Gasteiger partial charge in [0.25, 0.3) is 0 Å². The van der Waals surface area contributed by atoms with Crippen molar-refractivity contribution >= 4 is 56.0 Å². The molecule has 0 unspecified atom stereocenters. The molecule has 3 rings (SSSR count). The standard InChI is InChI=1S/C18H16BrN3O3S/c1-25-14-8-6-13(7-9-14)21-18-22-16(23)10-15(26-18)17(24)20-12-4-2-11(19)3-5-12/h2-9,15H,10H2,1H3,(H,20,24)(H,21,22,23)/t15-/m0/s1.